The number of carbonyl (C=O) groups excluding carboxylic acids is 2. The molecule has 2 amide bonds. The quantitative estimate of drug-likeness (QED) is 0.457. The van der Waals surface area contributed by atoms with Gasteiger partial charge in [-0.15, -0.1) is 0 Å². The second kappa shape index (κ2) is 10.3. The first-order valence-electron chi connectivity index (χ1n) is 10.1. The lowest BCUT2D eigenvalue weighted by atomic mass is 10.1. The van der Waals surface area contributed by atoms with E-state index in [0.717, 1.165) is 10.5 Å². The van der Waals surface area contributed by atoms with Crippen LogP contribution in [0.1, 0.15) is 23.1 Å². The minimum Gasteiger partial charge on any atom is -0.360 e. The Morgan fingerprint density at radius 1 is 1.13 bits per heavy atom. The van der Waals surface area contributed by atoms with Crippen LogP contribution in [0.15, 0.2) is 17.0 Å². The summed E-state index contributed by atoms with van der Waals surface area (Å²) in [5.74, 6) is -1.55. The Kier molecular flexibility index (Phi) is 8.36. The van der Waals surface area contributed by atoms with Crippen molar-refractivity contribution < 1.29 is 27.6 Å². The third-order valence-electron chi connectivity index (χ3n) is 4.88. The van der Waals surface area contributed by atoms with Gasteiger partial charge in [0.05, 0.1) is 45.2 Å². The minimum atomic E-state index is -3.83. The van der Waals surface area contributed by atoms with Crippen LogP contribution in [0.3, 0.4) is 0 Å². The number of sulfonamides is 1. The molecule has 1 unspecified atom stereocenters. The lowest BCUT2D eigenvalue weighted by Crippen LogP contribution is -3.06. The summed E-state index contributed by atoms with van der Waals surface area (Å²) in [6.07, 6.45) is -0.312. The van der Waals surface area contributed by atoms with Gasteiger partial charge in [-0.05, 0) is 38.3 Å². The lowest BCUT2D eigenvalue weighted by Gasteiger charge is -2.35. The van der Waals surface area contributed by atoms with Crippen molar-refractivity contribution in [1.82, 2.24) is 14.9 Å². The van der Waals surface area contributed by atoms with Crippen LogP contribution in [0.4, 0.5) is 0 Å². The summed E-state index contributed by atoms with van der Waals surface area (Å²) in [7, 11) is 0.0598. The summed E-state index contributed by atoms with van der Waals surface area (Å²) in [6, 6.07) is 3.67. The molecule has 30 heavy (non-hydrogen) atoms. The van der Waals surface area contributed by atoms with Crippen molar-refractivity contribution in [2.75, 3.05) is 46.9 Å². The average Bonchev–Trinajstić information content (AvgIpc) is 2.64. The normalized spacial score (nSPS) is 17.7. The number of nitrogens with zero attached hydrogens (tertiary/aromatic N) is 1. The van der Waals surface area contributed by atoms with Gasteiger partial charge in [0, 0.05) is 6.54 Å². The van der Waals surface area contributed by atoms with Crippen LogP contribution in [-0.4, -0.2) is 77.6 Å². The molecule has 3 N–H and O–H groups in total. The van der Waals surface area contributed by atoms with Gasteiger partial charge in [0.1, 0.15) is 6.23 Å². The molecular weight excluding hydrogens is 408 g/mol. The summed E-state index contributed by atoms with van der Waals surface area (Å²) in [6.45, 7) is 7.09. The molecule has 1 aromatic carbocycles. The van der Waals surface area contributed by atoms with Gasteiger partial charge in [0.25, 0.3) is 0 Å². The van der Waals surface area contributed by atoms with E-state index in [-0.39, 0.29) is 18.0 Å². The molecule has 1 aliphatic rings. The molecule has 0 aromatic heterocycles. The van der Waals surface area contributed by atoms with Crippen LogP contribution in [-0.2, 0) is 24.3 Å². The van der Waals surface area contributed by atoms with E-state index >= 15 is 0 Å². The van der Waals surface area contributed by atoms with Crippen LogP contribution in [0.25, 0.3) is 0 Å². The highest BCUT2D eigenvalue weighted by Gasteiger charge is 2.36. The maximum Gasteiger partial charge on any atom is 0.309 e. The Labute approximate surface area is 178 Å². The number of hydrogen-bond acceptors (Lipinski definition) is 5. The van der Waals surface area contributed by atoms with E-state index in [0.29, 0.717) is 37.2 Å². The molecule has 0 saturated carbocycles. The van der Waals surface area contributed by atoms with Crippen molar-refractivity contribution in [3.05, 3.63) is 28.8 Å². The molecule has 1 aliphatic heterocycles. The third-order valence-corrected chi connectivity index (χ3v) is 7.07. The second-order valence-electron chi connectivity index (χ2n) is 7.95. The summed E-state index contributed by atoms with van der Waals surface area (Å²) < 4.78 is 33.7. The lowest BCUT2D eigenvalue weighted by molar-refractivity contribution is -0.856. The summed E-state index contributed by atoms with van der Waals surface area (Å²) in [4.78, 5) is 25.4. The van der Waals surface area contributed by atoms with Crippen molar-refractivity contribution in [2.24, 2.45) is 0 Å². The number of quaternary nitrogens is 1. The average molecular weight is 442 g/mol. The number of ether oxygens (including phenoxy) is 1. The molecule has 1 saturated heterocycles. The van der Waals surface area contributed by atoms with Gasteiger partial charge in [0.15, 0.2) is 0 Å². The molecule has 1 heterocycles. The highest BCUT2D eigenvalue weighted by Crippen LogP contribution is 2.28. The predicted octanol–water partition coefficient (Wildman–Crippen LogP) is -1.27. The number of benzene rings is 1. The number of rotatable bonds is 7. The number of nitrogens with one attached hydrogen (secondary N) is 3. The van der Waals surface area contributed by atoms with Crippen LogP contribution >= 0.6 is 0 Å². The molecule has 168 valence electrons. The summed E-state index contributed by atoms with van der Waals surface area (Å²) in [5.41, 5.74) is 2.33. The van der Waals surface area contributed by atoms with E-state index < -0.39 is 28.1 Å². The van der Waals surface area contributed by atoms with Gasteiger partial charge in [-0.1, -0.05) is 17.7 Å². The summed E-state index contributed by atoms with van der Waals surface area (Å²) >= 11 is 0. The Morgan fingerprint density at radius 2 is 1.73 bits per heavy atom. The molecule has 0 radical (unpaired) electrons. The zero-order valence-electron chi connectivity index (χ0n) is 18.4. The second-order valence-corrected chi connectivity index (χ2v) is 9.77. The molecule has 10 heteroatoms. The van der Waals surface area contributed by atoms with Crippen molar-refractivity contribution in [1.29, 1.82) is 0 Å². The van der Waals surface area contributed by atoms with Gasteiger partial charge in [-0.2, -0.15) is 4.31 Å². The Hall–Kier alpha value is -2.01. The standard InChI is InChI=1S/C20H32N4O5S/c1-14-11-15(2)18(16(3)12-14)30(27,28)24-8-6-10-29-17(24)13-22-20(26)19(25)21-7-9-23(4)5/h11-12,17H,6-10,13H2,1-5H3,(H,21,25)(H,22,26)/p+1. The van der Waals surface area contributed by atoms with Crippen molar-refractivity contribution >= 4 is 21.8 Å². The molecule has 0 aliphatic carbocycles. The Balaban J connectivity index is 2.10. The van der Waals surface area contributed by atoms with Crippen LogP contribution < -0.4 is 15.5 Å². The van der Waals surface area contributed by atoms with Crippen LogP contribution in [0.2, 0.25) is 0 Å². The highest BCUT2D eigenvalue weighted by molar-refractivity contribution is 7.89. The zero-order chi connectivity index (χ0) is 22.5. The minimum absolute atomic E-state index is 0.103. The number of aryl methyl sites for hydroxylation is 3. The molecular formula is C20H33N4O5S+. The number of amides is 2. The maximum absolute atomic E-state index is 13.4. The van der Waals surface area contributed by atoms with Gasteiger partial charge in [-0.3, -0.25) is 9.59 Å². The number of likely N-dealkylation sites (N-methyl/N-ethyl adjacent to an activating group) is 1. The topological polar surface area (TPSA) is 109 Å². The first kappa shape index (κ1) is 24.3. The molecule has 0 bridgehead atoms. The molecule has 1 atom stereocenters. The van der Waals surface area contributed by atoms with E-state index in [1.807, 2.05) is 33.2 Å². The Bertz CT molecular complexity index is 862. The van der Waals surface area contributed by atoms with Crippen molar-refractivity contribution in [2.45, 2.75) is 38.3 Å². The van der Waals surface area contributed by atoms with Crippen LogP contribution in [0.5, 0.6) is 0 Å². The maximum atomic E-state index is 13.4. The van der Waals surface area contributed by atoms with Crippen molar-refractivity contribution in [3.63, 3.8) is 0 Å². The number of hydrogen-bond donors (Lipinski definition) is 3. The van der Waals surface area contributed by atoms with E-state index in [4.69, 9.17) is 4.74 Å². The molecule has 1 aromatic rings. The van der Waals surface area contributed by atoms with Crippen LogP contribution in [0, 0.1) is 20.8 Å². The van der Waals surface area contributed by atoms with Crippen molar-refractivity contribution in [3.8, 4) is 0 Å². The van der Waals surface area contributed by atoms with E-state index in [1.165, 1.54) is 4.31 Å². The molecule has 1 fully saturated rings. The van der Waals surface area contributed by atoms with E-state index in [2.05, 4.69) is 10.6 Å². The third kappa shape index (κ3) is 6.00. The smallest absolute Gasteiger partial charge is 0.309 e. The fraction of sp³-hybridized carbons (Fsp3) is 0.600. The first-order chi connectivity index (χ1) is 14.0. The largest absolute Gasteiger partial charge is 0.360 e. The SMILES string of the molecule is Cc1cc(C)c(S(=O)(=O)N2CCCOC2CNC(=O)C(=O)NCC[NH+](C)C)c(C)c1. The van der Waals surface area contributed by atoms with E-state index in [1.54, 1.807) is 13.8 Å². The number of carbonyl (C=O) groups is 2. The fourth-order valence-electron chi connectivity index (χ4n) is 3.56. The van der Waals surface area contributed by atoms with Gasteiger partial charge in [-0.25, -0.2) is 8.42 Å². The van der Waals surface area contributed by atoms with Gasteiger partial charge in [0.2, 0.25) is 10.0 Å². The first-order valence-corrected chi connectivity index (χ1v) is 11.5. The molecule has 2 rings (SSSR count). The monoisotopic (exact) mass is 441 g/mol. The predicted molar refractivity (Wildman–Crippen MR) is 113 cm³/mol. The molecule has 0 spiro atoms. The zero-order valence-corrected chi connectivity index (χ0v) is 19.2. The van der Waals surface area contributed by atoms with Gasteiger partial charge < -0.3 is 20.3 Å². The molecule has 9 nitrogen and oxygen atoms in total. The Morgan fingerprint density at radius 3 is 2.33 bits per heavy atom. The summed E-state index contributed by atoms with van der Waals surface area (Å²) in [5, 5.41) is 5.04. The van der Waals surface area contributed by atoms with E-state index in [9.17, 15) is 18.0 Å². The van der Waals surface area contributed by atoms with Gasteiger partial charge >= 0.3 is 11.8 Å². The fourth-order valence-corrected chi connectivity index (χ4v) is 5.54. The highest BCUT2D eigenvalue weighted by atomic mass is 32.2.